The number of benzene rings is 1. The second-order valence-corrected chi connectivity index (χ2v) is 12.9. The van der Waals surface area contributed by atoms with Gasteiger partial charge in [0.2, 0.25) is 20.0 Å². The van der Waals surface area contributed by atoms with Crippen molar-refractivity contribution in [2.24, 2.45) is 0 Å². The standard InChI is InChI=1S/C20H25N3O5S3/c1-14-2-9-19(29-14)20(24)21-15-10-12-23(13-11-15)31(27,28)18-7-5-17(6-8-18)30(25,26)22-16-3-4-16/h2,5-9,15-16,22H,3-4,10-13H2,1H3,(H,21,24). The van der Waals surface area contributed by atoms with E-state index in [4.69, 9.17) is 0 Å². The van der Waals surface area contributed by atoms with Gasteiger partial charge >= 0.3 is 0 Å². The minimum atomic E-state index is -3.73. The van der Waals surface area contributed by atoms with E-state index >= 15 is 0 Å². The molecule has 8 nitrogen and oxygen atoms in total. The van der Waals surface area contributed by atoms with E-state index in [-0.39, 0.29) is 27.8 Å². The monoisotopic (exact) mass is 483 g/mol. The summed E-state index contributed by atoms with van der Waals surface area (Å²) in [5, 5.41) is 2.98. The highest BCUT2D eigenvalue weighted by atomic mass is 32.2. The Hall–Kier alpha value is -1.79. The third-order valence-corrected chi connectivity index (χ3v) is 9.87. The molecule has 1 aliphatic carbocycles. The third-order valence-electron chi connectivity index (χ3n) is 5.42. The Morgan fingerprint density at radius 2 is 1.52 bits per heavy atom. The SMILES string of the molecule is Cc1ccc(C(=O)NC2CCN(S(=O)(=O)c3ccc(S(=O)(=O)NC4CC4)cc3)CC2)s1. The fourth-order valence-electron chi connectivity index (χ4n) is 3.48. The van der Waals surface area contributed by atoms with Gasteiger partial charge in [-0.2, -0.15) is 4.31 Å². The second kappa shape index (κ2) is 8.62. The number of amides is 1. The van der Waals surface area contributed by atoms with Crippen LogP contribution in [0.5, 0.6) is 0 Å². The normalized spacial score (nSPS) is 18.7. The highest BCUT2D eigenvalue weighted by molar-refractivity contribution is 7.89. The lowest BCUT2D eigenvalue weighted by Gasteiger charge is -2.31. The third kappa shape index (κ3) is 5.17. The van der Waals surface area contributed by atoms with Crippen LogP contribution in [-0.2, 0) is 20.0 Å². The molecule has 31 heavy (non-hydrogen) atoms. The molecule has 0 bridgehead atoms. The predicted octanol–water partition coefficient (Wildman–Crippen LogP) is 2.08. The number of rotatable bonds is 7. The van der Waals surface area contributed by atoms with Gasteiger partial charge in [-0.25, -0.2) is 21.6 Å². The summed E-state index contributed by atoms with van der Waals surface area (Å²) >= 11 is 1.43. The van der Waals surface area contributed by atoms with Gasteiger partial charge in [-0.1, -0.05) is 0 Å². The molecule has 168 valence electrons. The molecular formula is C20H25N3O5S3. The van der Waals surface area contributed by atoms with Crippen LogP contribution in [0, 0.1) is 6.92 Å². The Labute approximate surface area is 186 Å². The minimum absolute atomic E-state index is 0.0148. The molecule has 1 aromatic carbocycles. The number of hydrogen-bond acceptors (Lipinski definition) is 6. The lowest BCUT2D eigenvalue weighted by atomic mass is 10.1. The highest BCUT2D eigenvalue weighted by Gasteiger charge is 2.31. The Kier molecular flexibility index (Phi) is 6.23. The minimum Gasteiger partial charge on any atom is -0.349 e. The van der Waals surface area contributed by atoms with Crippen LogP contribution in [0.15, 0.2) is 46.2 Å². The zero-order chi connectivity index (χ0) is 22.2. The van der Waals surface area contributed by atoms with E-state index in [1.54, 1.807) is 6.07 Å². The van der Waals surface area contributed by atoms with Gasteiger partial charge in [0, 0.05) is 30.1 Å². The van der Waals surface area contributed by atoms with Crippen molar-refractivity contribution in [2.75, 3.05) is 13.1 Å². The molecule has 4 rings (SSSR count). The largest absolute Gasteiger partial charge is 0.349 e. The molecule has 2 aromatic rings. The van der Waals surface area contributed by atoms with E-state index in [1.807, 2.05) is 13.0 Å². The molecule has 2 fully saturated rings. The number of thiophene rings is 1. The van der Waals surface area contributed by atoms with Crippen LogP contribution in [0.2, 0.25) is 0 Å². The number of sulfonamides is 2. The second-order valence-electron chi connectivity index (χ2n) is 7.93. The maximum atomic E-state index is 13.0. The van der Waals surface area contributed by atoms with Crippen molar-refractivity contribution in [1.29, 1.82) is 0 Å². The number of nitrogens with zero attached hydrogens (tertiary/aromatic N) is 1. The lowest BCUT2D eigenvalue weighted by molar-refractivity contribution is 0.0928. The molecule has 1 saturated carbocycles. The number of aryl methyl sites for hydroxylation is 1. The smallest absolute Gasteiger partial charge is 0.261 e. The van der Waals surface area contributed by atoms with Gasteiger partial charge in [0.05, 0.1) is 14.7 Å². The van der Waals surface area contributed by atoms with Crippen molar-refractivity contribution in [3.05, 3.63) is 46.2 Å². The molecule has 0 spiro atoms. The van der Waals surface area contributed by atoms with Crippen LogP contribution in [0.4, 0.5) is 0 Å². The molecule has 1 saturated heterocycles. The summed E-state index contributed by atoms with van der Waals surface area (Å²) in [6.07, 6.45) is 2.70. The summed E-state index contributed by atoms with van der Waals surface area (Å²) in [5.74, 6) is -0.129. The van der Waals surface area contributed by atoms with Crippen molar-refractivity contribution < 1.29 is 21.6 Å². The lowest BCUT2D eigenvalue weighted by Crippen LogP contribution is -2.46. The van der Waals surface area contributed by atoms with Crippen molar-refractivity contribution in [3.8, 4) is 0 Å². The Bertz CT molecular complexity index is 1160. The summed E-state index contributed by atoms with van der Waals surface area (Å²) in [4.78, 5) is 14.2. The average molecular weight is 484 g/mol. The van der Waals surface area contributed by atoms with Crippen molar-refractivity contribution in [2.45, 2.75) is 54.5 Å². The van der Waals surface area contributed by atoms with Gasteiger partial charge in [0.25, 0.3) is 5.91 Å². The van der Waals surface area contributed by atoms with E-state index in [0.717, 1.165) is 17.7 Å². The molecular weight excluding hydrogens is 458 g/mol. The van der Waals surface area contributed by atoms with E-state index in [9.17, 15) is 21.6 Å². The van der Waals surface area contributed by atoms with Gasteiger partial charge in [0.1, 0.15) is 0 Å². The fraction of sp³-hybridized carbons (Fsp3) is 0.450. The van der Waals surface area contributed by atoms with Crippen LogP contribution in [0.1, 0.15) is 40.2 Å². The van der Waals surface area contributed by atoms with Gasteiger partial charge in [-0.05, 0) is 69.0 Å². The first-order chi connectivity index (χ1) is 14.6. The van der Waals surface area contributed by atoms with Gasteiger partial charge in [0.15, 0.2) is 0 Å². The van der Waals surface area contributed by atoms with E-state index in [2.05, 4.69) is 10.0 Å². The Balaban J connectivity index is 1.36. The van der Waals surface area contributed by atoms with E-state index in [1.165, 1.54) is 39.9 Å². The summed E-state index contributed by atoms with van der Waals surface area (Å²) in [6.45, 7) is 2.52. The quantitative estimate of drug-likeness (QED) is 0.626. The van der Waals surface area contributed by atoms with Crippen LogP contribution < -0.4 is 10.0 Å². The van der Waals surface area contributed by atoms with E-state index < -0.39 is 20.0 Å². The summed E-state index contributed by atoms with van der Waals surface area (Å²) < 4.78 is 54.4. The van der Waals surface area contributed by atoms with Gasteiger partial charge in [-0.15, -0.1) is 11.3 Å². The molecule has 2 aliphatic rings. The van der Waals surface area contributed by atoms with Crippen molar-refractivity contribution in [3.63, 3.8) is 0 Å². The molecule has 2 heterocycles. The molecule has 0 radical (unpaired) electrons. The number of nitrogens with one attached hydrogen (secondary N) is 2. The molecule has 1 aromatic heterocycles. The number of carbonyl (C=O) groups is 1. The summed E-state index contributed by atoms with van der Waals surface area (Å²) in [7, 11) is -7.35. The zero-order valence-corrected chi connectivity index (χ0v) is 19.5. The van der Waals surface area contributed by atoms with Crippen molar-refractivity contribution in [1.82, 2.24) is 14.3 Å². The van der Waals surface area contributed by atoms with Gasteiger partial charge in [-0.3, -0.25) is 4.79 Å². The molecule has 0 atom stereocenters. The number of piperidine rings is 1. The van der Waals surface area contributed by atoms with Crippen LogP contribution in [0.3, 0.4) is 0 Å². The van der Waals surface area contributed by atoms with Crippen LogP contribution >= 0.6 is 11.3 Å². The maximum Gasteiger partial charge on any atom is 0.261 e. The van der Waals surface area contributed by atoms with E-state index in [0.29, 0.717) is 30.8 Å². The topological polar surface area (TPSA) is 113 Å². The highest BCUT2D eigenvalue weighted by Crippen LogP contribution is 2.25. The maximum absolute atomic E-state index is 13.0. The van der Waals surface area contributed by atoms with Crippen molar-refractivity contribution >= 4 is 37.3 Å². The average Bonchev–Trinajstić information content (AvgIpc) is 3.43. The van der Waals surface area contributed by atoms with Crippen LogP contribution in [-0.4, -0.2) is 52.2 Å². The molecule has 11 heteroatoms. The zero-order valence-electron chi connectivity index (χ0n) is 17.1. The predicted molar refractivity (Wildman–Crippen MR) is 118 cm³/mol. The van der Waals surface area contributed by atoms with Gasteiger partial charge < -0.3 is 5.32 Å². The Morgan fingerprint density at radius 1 is 0.903 bits per heavy atom. The first-order valence-corrected chi connectivity index (χ1v) is 13.9. The fourth-order valence-corrected chi connectivity index (χ4v) is 7.03. The van der Waals surface area contributed by atoms with Crippen LogP contribution in [0.25, 0.3) is 0 Å². The number of carbonyl (C=O) groups excluding carboxylic acids is 1. The molecule has 1 aliphatic heterocycles. The molecule has 1 amide bonds. The molecule has 0 unspecified atom stereocenters. The summed E-state index contributed by atoms with van der Waals surface area (Å²) in [6, 6.07) is 8.92. The molecule has 2 N–H and O–H groups in total. The number of hydrogen-bond donors (Lipinski definition) is 2. The Morgan fingerprint density at radius 3 is 2.06 bits per heavy atom. The first-order valence-electron chi connectivity index (χ1n) is 10.1. The first kappa shape index (κ1) is 22.4. The summed E-state index contributed by atoms with van der Waals surface area (Å²) in [5.41, 5.74) is 0.